The van der Waals surface area contributed by atoms with Gasteiger partial charge >= 0.3 is 94.3 Å². The second kappa shape index (κ2) is 42.3. The van der Waals surface area contributed by atoms with E-state index in [1.54, 1.807) is 85.3 Å². The van der Waals surface area contributed by atoms with Gasteiger partial charge in [-0.3, -0.25) is 19.9 Å². The van der Waals surface area contributed by atoms with Crippen LogP contribution in [-0.4, -0.2) is 44.9 Å². The summed E-state index contributed by atoms with van der Waals surface area (Å²) in [6, 6.07) is 127. The van der Waals surface area contributed by atoms with Gasteiger partial charge in [0.1, 0.15) is 0 Å². The van der Waals surface area contributed by atoms with Crippen LogP contribution in [0, 0.1) is 0 Å². The molecule has 608 valence electrons. The van der Waals surface area contributed by atoms with E-state index >= 15 is 0 Å². The van der Waals surface area contributed by atoms with Crippen LogP contribution in [0.5, 0.6) is 28.7 Å². The van der Waals surface area contributed by atoms with E-state index in [1.807, 2.05) is 244 Å². The van der Waals surface area contributed by atoms with Gasteiger partial charge in [0.05, 0.1) is 84.0 Å². The zero-order valence-corrected chi connectivity index (χ0v) is 74.0. The normalized spacial score (nSPS) is 11.1. The van der Waals surface area contributed by atoms with Gasteiger partial charge in [0, 0.05) is 84.1 Å². The van der Waals surface area contributed by atoms with Crippen LogP contribution in [0.25, 0.3) is 165 Å². The van der Waals surface area contributed by atoms with Gasteiger partial charge in [-0.2, -0.15) is 0 Å². The van der Waals surface area contributed by atoms with Crippen molar-refractivity contribution in [1.29, 1.82) is 0 Å². The van der Waals surface area contributed by atoms with Gasteiger partial charge in [-0.05, 0) is 122 Å². The van der Waals surface area contributed by atoms with Crippen LogP contribution in [0.1, 0.15) is 47.8 Å². The van der Waals surface area contributed by atoms with Crippen molar-refractivity contribution in [1.82, 2.24) is 44.9 Å². The number of benzene rings is 14. The van der Waals surface area contributed by atoms with Gasteiger partial charge in [-0.15, -0.1) is 11.5 Å². The van der Waals surface area contributed by atoms with Crippen molar-refractivity contribution in [2.75, 3.05) is 0 Å². The fourth-order valence-electron chi connectivity index (χ4n) is 16.7. The van der Waals surface area contributed by atoms with Crippen LogP contribution in [0.4, 0.5) is 0 Å². The Morgan fingerprint density at radius 3 is 1.22 bits per heavy atom. The molecule has 14 aromatic carbocycles. The molecule has 9 aromatic heterocycles. The minimum atomic E-state index is -0.469. The fraction of sp³-hybridized carbons (Fsp3) is 0.0354. The summed E-state index contributed by atoms with van der Waals surface area (Å²) in [6.45, 7) is 4.08. The summed E-state index contributed by atoms with van der Waals surface area (Å²) in [4.78, 5) is 42.6. The predicted molar refractivity (Wildman–Crippen MR) is 504 cm³/mol. The molecular formula is C113H76Li5N9O5. The first-order valence-electron chi connectivity index (χ1n) is 41.8. The molecule has 0 radical (unpaired) electrons. The minimum Gasteiger partial charge on any atom is -0.872 e. The second-order valence-corrected chi connectivity index (χ2v) is 31.3. The Balaban J connectivity index is 0.000000133. The maximum atomic E-state index is 12.7. The number of aromatic nitrogens is 9. The predicted octanol–water partition coefficient (Wildman–Crippen LogP) is 8.75. The fourth-order valence-corrected chi connectivity index (χ4v) is 16.7. The molecule has 0 N–H and O–H groups in total. The molecular weight excluding hydrogens is 1600 g/mol. The van der Waals surface area contributed by atoms with E-state index in [4.69, 9.17) is 24.9 Å². The van der Waals surface area contributed by atoms with Crippen molar-refractivity contribution in [3.8, 4) is 84.8 Å². The first kappa shape index (κ1) is 94.1. The Bertz CT molecular complexity index is 8070. The van der Waals surface area contributed by atoms with E-state index in [0.717, 1.165) is 165 Å². The molecule has 0 saturated carbocycles. The van der Waals surface area contributed by atoms with E-state index in [0.29, 0.717) is 28.1 Å². The van der Waals surface area contributed by atoms with Crippen molar-refractivity contribution in [2.45, 2.75) is 25.2 Å². The summed E-state index contributed by atoms with van der Waals surface area (Å²) in [5.41, 5.74) is 19.9. The molecule has 9 heterocycles. The smallest absolute Gasteiger partial charge is 0.872 e. The van der Waals surface area contributed by atoms with Crippen LogP contribution < -0.4 is 120 Å². The number of pyridine rings is 9. The zero-order valence-electron chi connectivity index (χ0n) is 74.0. The molecule has 0 amide bonds. The molecule has 0 bridgehead atoms. The monoisotopic (exact) mass is 1670 g/mol. The van der Waals surface area contributed by atoms with Crippen LogP contribution in [0.3, 0.4) is 0 Å². The van der Waals surface area contributed by atoms with E-state index in [2.05, 4.69) is 123 Å². The molecule has 0 spiro atoms. The molecule has 0 aliphatic carbocycles. The number of rotatable bonds is 10. The van der Waals surface area contributed by atoms with Crippen LogP contribution in [-0.2, 0) is 5.41 Å². The van der Waals surface area contributed by atoms with E-state index < -0.39 is 5.41 Å². The summed E-state index contributed by atoms with van der Waals surface area (Å²) in [5.74, 6) is -0.206. The van der Waals surface area contributed by atoms with Gasteiger partial charge in [0.25, 0.3) is 0 Å². The summed E-state index contributed by atoms with van der Waals surface area (Å²) in [7, 11) is 0. The SMILES string of the molecule is CC(C)(c1ccc2ccc3cccnc3c2n1)c1ccccc1[O-].[Li+].[Li+].[Li+].[Li+].[Li+].[O-]c1ccccc1-c1cc(-c2ccccc2)c2ccc3c(-c4ccccc4)ccnc3c2n1.[O-]c1ccccc1-c1ccc2ccc3ccc4cccnc4c3c2n1.[O-]c1ccccc1-c1ccc2ccccc2n1.[O-]c1ccccc1C(c1ccccc1)c1ccc2ccc3cccnc3c2n1. The molecule has 132 heavy (non-hydrogen) atoms. The number of hydrogen-bond acceptors (Lipinski definition) is 14. The molecule has 23 rings (SSSR count). The first-order valence-corrected chi connectivity index (χ1v) is 41.8. The number of para-hydroxylation sites is 6. The molecule has 23 aromatic rings. The number of fused-ring (bicyclic) bond motifs is 15. The van der Waals surface area contributed by atoms with Crippen molar-refractivity contribution >= 4 is 109 Å². The molecule has 0 saturated heterocycles. The molecule has 0 aliphatic heterocycles. The Morgan fingerprint density at radius 1 is 0.242 bits per heavy atom. The standard InChI is InChI=1S/C30H20N2O.C25H18N2O.C22H14N2O.C21H18N2O.C15H11NO.5Li/c33-28-14-8-7-13-25(28)27-19-26(21-11-5-2-6-12-21)24-16-15-23-22(20-9-3-1-4-10-20)17-18-31-29(23)30(24)32-27;28-22-11-5-4-10-20(22)23(17-7-2-1-3-8-17)21-15-14-19-13-12-18-9-6-16-26-24(18)25(19)27-21;25-19-6-2-1-5-17(19)18-12-11-16-10-8-14-7-9-15-4-3-13-23-21(15)20(14)22(16)24-18;1-21(2,16-7-3-4-8-17(16)24)18-12-11-15-10-9-14-6-5-13-22-19(14)20(15)23-18;17-15-8-4-2-6-12(15)14-10-9-11-5-1-3-7-13(11)16-14;;;;;/h1-19,33H;1-16,23,28H;1-13,25H;3-13,24H,1-2H3;1-10,17H;;;;;/q;;;;;5*+1/p-5. The molecule has 0 fully saturated rings. The van der Waals surface area contributed by atoms with Gasteiger partial charge in [-0.1, -0.05) is 365 Å². The van der Waals surface area contributed by atoms with E-state index in [9.17, 15) is 25.5 Å². The third-order valence-corrected chi connectivity index (χ3v) is 23.1. The Morgan fingerprint density at radius 2 is 0.644 bits per heavy atom. The summed E-state index contributed by atoms with van der Waals surface area (Å²) < 4.78 is 0. The van der Waals surface area contributed by atoms with Crippen molar-refractivity contribution in [2.24, 2.45) is 0 Å². The third-order valence-electron chi connectivity index (χ3n) is 23.1. The molecule has 14 nitrogen and oxygen atoms in total. The maximum Gasteiger partial charge on any atom is 1.00 e. The number of hydrogen-bond donors (Lipinski definition) is 0. The van der Waals surface area contributed by atoms with Gasteiger partial charge in [0.15, 0.2) is 0 Å². The second-order valence-electron chi connectivity index (χ2n) is 31.3. The molecule has 0 aliphatic rings. The summed E-state index contributed by atoms with van der Waals surface area (Å²) in [6.07, 6.45) is 7.21. The summed E-state index contributed by atoms with van der Waals surface area (Å²) in [5, 5.41) is 73.1. The Kier molecular flexibility index (Phi) is 30.2. The van der Waals surface area contributed by atoms with Gasteiger partial charge in [-0.25, -0.2) is 24.9 Å². The van der Waals surface area contributed by atoms with Crippen LogP contribution >= 0.6 is 0 Å². The quantitative estimate of drug-likeness (QED) is 0.0921. The maximum absolute atomic E-state index is 12.7. The average molecular weight is 1670 g/mol. The van der Waals surface area contributed by atoms with Gasteiger partial charge in [0.2, 0.25) is 0 Å². The first-order chi connectivity index (χ1) is 62.3. The molecule has 19 heteroatoms. The average Bonchev–Trinajstić information content (AvgIpc) is 0.735. The minimum absolute atomic E-state index is 0. The zero-order chi connectivity index (χ0) is 86.3. The van der Waals surface area contributed by atoms with Crippen molar-refractivity contribution in [3.63, 3.8) is 0 Å². The van der Waals surface area contributed by atoms with E-state index in [1.165, 1.54) is 0 Å². The number of nitrogens with zero attached hydrogens (tertiary/aromatic N) is 9. The van der Waals surface area contributed by atoms with Gasteiger partial charge < -0.3 is 25.5 Å². The van der Waals surface area contributed by atoms with Crippen molar-refractivity contribution < 1.29 is 120 Å². The summed E-state index contributed by atoms with van der Waals surface area (Å²) >= 11 is 0. The Labute approximate surface area is 823 Å². The largest absolute Gasteiger partial charge is 1.00 e. The van der Waals surface area contributed by atoms with Crippen LogP contribution in [0.2, 0.25) is 0 Å². The molecule has 1 unspecified atom stereocenters. The van der Waals surface area contributed by atoms with Crippen molar-refractivity contribution in [3.05, 3.63) is 447 Å². The van der Waals surface area contributed by atoms with Crippen LogP contribution in [0.15, 0.2) is 419 Å². The topological polar surface area (TPSA) is 231 Å². The Hall–Kier alpha value is -14.0. The van der Waals surface area contributed by atoms with E-state index in [-0.39, 0.29) is 129 Å². The molecule has 1 atom stereocenters. The third kappa shape index (κ3) is 19.6.